The zero-order valence-electron chi connectivity index (χ0n) is 14.5. The van der Waals surface area contributed by atoms with Gasteiger partial charge < -0.3 is 9.88 Å². The predicted molar refractivity (Wildman–Crippen MR) is 117 cm³/mol. The van der Waals surface area contributed by atoms with E-state index in [1.807, 2.05) is 42.5 Å². The second-order valence-electron chi connectivity index (χ2n) is 5.84. The highest BCUT2D eigenvalue weighted by Crippen LogP contribution is 2.27. The molecule has 6 nitrogen and oxygen atoms in total. The molecule has 2 heterocycles. The molecule has 1 N–H and O–H groups in total. The third kappa shape index (κ3) is 3.63. The van der Waals surface area contributed by atoms with Crippen molar-refractivity contribution in [2.24, 2.45) is 0 Å². The quantitative estimate of drug-likeness (QED) is 0.334. The summed E-state index contributed by atoms with van der Waals surface area (Å²) in [5, 5.41) is 13.0. The number of benzene rings is 2. The number of aromatic nitrogens is 4. The van der Waals surface area contributed by atoms with Gasteiger partial charge in [0.1, 0.15) is 5.52 Å². The highest BCUT2D eigenvalue weighted by molar-refractivity contribution is 14.1. The Balaban J connectivity index is 1.55. The van der Waals surface area contributed by atoms with Crippen molar-refractivity contribution in [2.75, 3.05) is 11.1 Å². The van der Waals surface area contributed by atoms with Gasteiger partial charge in [-0.05, 0) is 47.7 Å². The van der Waals surface area contributed by atoms with Crippen molar-refractivity contribution in [3.63, 3.8) is 0 Å². The van der Waals surface area contributed by atoms with Gasteiger partial charge in [0.2, 0.25) is 11.1 Å². The standard InChI is InChI=1S/C19H16IN5OS/c1-2-25-15-10-6-3-7-12(15)17-18(25)22-19(24-23-17)27-11-16(26)21-14-9-5-4-8-13(14)20/h3-10H,2,11H2,1H3,(H,21,26). The molecule has 0 bridgehead atoms. The Hall–Kier alpha value is -2.20. The number of nitrogens with zero attached hydrogens (tertiary/aromatic N) is 4. The monoisotopic (exact) mass is 489 g/mol. The van der Waals surface area contributed by atoms with Crippen LogP contribution in [0.5, 0.6) is 0 Å². The summed E-state index contributed by atoms with van der Waals surface area (Å²) in [6.07, 6.45) is 0. The highest BCUT2D eigenvalue weighted by atomic mass is 127. The first-order chi connectivity index (χ1) is 13.2. The largest absolute Gasteiger partial charge is 0.324 e. The van der Waals surface area contributed by atoms with Crippen molar-refractivity contribution in [3.05, 3.63) is 52.1 Å². The molecule has 2 aromatic carbocycles. The third-order valence-electron chi connectivity index (χ3n) is 4.15. The molecule has 2 aromatic heterocycles. The number of hydrogen-bond acceptors (Lipinski definition) is 5. The minimum absolute atomic E-state index is 0.0937. The lowest BCUT2D eigenvalue weighted by molar-refractivity contribution is -0.113. The lowest BCUT2D eigenvalue weighted by Gasteiger charge is -2.06. The van der Waals surface area contributed by atoms with Gasteiger partial charge >= 0.3 is 0 Å². The first-order valence-corrected chi connectivity index (χ1v) is 10.5. The molecular weight excluding hydrogens is 473 g/mol. The summed E-state index contributed by atoms with van der Waals surface area (Å²) < 4.78 is 3.12. The fraction of sp³-hybridized carbons (Fsp3) is 0.158. The van der Waals surface area contributed by atoms with Gasteiger partial charge in [-0.15, -0.1) is 10.2 Å². The molecule has 0 atom stereocenters. The number of halogens is 1. The third-order valence-corrected chi connectivity index (χ3v) is 5.93. The van der Waals surface area contributed by atoms with Crippen LogP contribution >= 0.6 is 34.4 Å². The zero-order valence-corrected chi connectivity index (χ0v) is 17.5. The number of fused-ring (bicyclic) bond motifs is 3. The minimum atomic E-state index is -0.0937. The fourth-order valence-corrected chi connectivity index (χ4v) is 4.05. The van der Waals surface area contributed by atoms with Gasteiger partial charge in [-0.1, -0.05) is 42.1 Å². The molecule has 0 aliphatic rings. The van der Waals surface area contributed by atoms with Gasteiger partial charge in [0, 0.05) is 15.5 Å². The number of carbonyl (C=O) groups is 1. The molecule has 8 heteroatoms. The molecule has 136 valence electrons. The van der Waals surface area contributed by atoms with Gasteiger partial charge in [-0.2, -0.15) is 0 Å². The van der Waals surface area contributed by atoms with Crippen molar-refractivity contribution in [2.45, 2.75) is 18.6 Å². The Morgan fingerprint density at radius 2 is 1.93 bits per heavy atom. The van der Waals surface area contributed by atoms with E-state index in [-0.39, 0.29) is 11.7 Å². The van der Waals surface area contributed by atoms with E-state index in [0.717, 1.165) is 37.9 Å². The second kappa shape index (κ2) is 7.81. The maximum absolute atomic E-state index is 12.2. The van der Waals surface area contributed by atoms with Crippen LogP contribution in [0.1, 0.15) is 6.92 Å². The van der Waals surface area contributed by atoms with Crippen LogP contribution in [-0.2, 0) is 11.3 Å². The molecule has 0 spiro atoms. The Morgan fingerprint density at radius 3 is 2.74 bits per heavy atom. The zero-order chi connectivity index (χ0) is 18.8. The van der Waals surface area contributed by atoms with E-state index in [4.69, 9.17) is 0 Å². The van der Waals surface area contributed by atoms with Crippen molar-refractivity contribution < 1.29 is 4.79 Å². The number of hydrogen-bond donors (Lipinski definition) is 1. The van der Waals surface area contributed by atoms with E-state index in [2.05, 4.69) is 60.6 Å². The molecule has 0 saturated heterocycles. The van der Waals surface area contributed by atoms with Gasteiger partial charge in [0.25, 0.3) is 0 Å². The van der Waals surface area contributed by atoms with Crippen molar-refractivity contribution in [3.8, 4) is 0 Å². The fourth-order valence-electron chi connectivity index (χ4n) is 2.95. The van der Waals surface area contributed by atoms with Gasteiger partial charge in [0.15, 0.2) is 5.65 Å². The first kappa shape index (κ1) is 18.2. The Labute approximate surface area is 173 Å². The number of thioether (sulfide) groups is 1. The van der Waals surface area contributed by atoms with Gasteiger partial charge in [0.05, 0.1) is 17.0 Å². The molecule has 0 saturated carbocycles. The van der Waals surface area contributed by atoms with Crippen LogP contribution in [-0.4, -0.2) is 31.4 Å². The minimum Gasteiger partial charge on any atom is -0.324 e. The van der Waals surface area contributed by atoms with E-state index in [1.165, 1.54) is 11.8 Å². The molecule has 27 heavy (non-hydrogen) atoms. The van der Waals surface area contributed by atoms with Crippen molar-refractivity contribution in [1.82, 2.24) is 19.7 Å². The number of rotatable bonds is 5. The number of carbonyl (C=O) groups excluding carboxylic acids is 1. The summed E-state index contributed by atoms with van der Waals surface area (Å²) in [5.41, 5.74) is 3.49. The summed E-state index contributed by atoms with van der Waals surface area (Å²) in [4.78, 5) is 16.9. The molecule has 4 rings (SSSR count). The average molecular weight is 489 g/mol. The highest BCUT2D eigenvalue weighted by Gasteiger charge is 2.14. The maximum atomic E-state index is 12.2. The van der Waals surface area contributed by atoms with Crippen LogP contribution in [0.4, 0.5) is 5.69 Å². The van der Waals surface area contributed by atoms with Crippen LogP contribution in [0, 0.1) is 3.57 Å². The van der Waals surface area contributed by atoms with Crippen LogP contribution in [0.15, 0.2) is 53.7 Å². The first-order valence-electron chi connectivity index (χ1n) is 8.46. The number of para-hydroxylation sites is 2. The molecule has 0 radical (unpaired) electrons. The van der Waals surface area contributed by atoms with Crippen LogP contribution in [0.3, 0.4) is 0 Å². The van der Waals surface area contributed by atoms with Crippen LogP contribution in [0.25, 0.3) is 22.1 Å². The predicted octanol–water partition coefficient (Wildman–Crippen LogP) is 4.33. The number of anilines is 1. The number of nitrogens with one attached hydrogen (secondary N) is 1. The summed E-state index contributed by atoms with van der Waals surface area (Å²) in [5.74, 6) is 0.133. The average Bonchev–Trinajstić information content (AvgIpc) is 3.01. The SMILES string of the molecule is CCn1c2ccccc2c2nnc(SCC(=O)Nc3ccccc3I)nc21. The number of amides is 1. The van der Waals surface area contributed by atoms with Gasteiger partial charge in [-0.3, -0.25) is 4.79 Å². The van der Waals surface area contributed by atoms with Crippen molar-refractivity contribution in [1.29, 1.82) is 0 Å². The van der Waals surface area contributed by atoms with Crippen LogP contribution in [0.2, 0.25) is 0 Å². The molecule has 0 aliphatic heterocycles. The molecule has 0 unspecified atom stereocenters. The molecule has 4 aromatic rings. The molecular formula is C19H16IN5OS. The van der Waals surface area contributed by atoms with Gasteiger partial charge in [-0.25, -0.2) is 4.98 Å². The van der Waals surface area contributed by atoms with E-state index in [9.17, 15) is 4.79 Å². The topological polar surface area (TPSA) is 72.7 Å². The maximum Gasteiger partial charge on any atom is 0.234 e. The molecule has 1 amide bonds. The van der Waals surface area contributed by atoms with E-state index in [1.54, 1.807) is 0 Å². The lowest BCUT2D eigenvalue weighted by atomic mass is 10.2. The summed E-state index contributed by atoms with van der Waals surface area (Å²) in [6.45, 7) is 2.87. The van der Waals surface area contributed by atoms with E-state index >= 15 is 0 Å². The Morgan fingerprint density at radius 1 is 1.15 bits per heavy atom. The van der Waals surface area contributed by atoms with E-state index < -0.39 is 0 Å². The van der Waals surface area contributed by atoms with Crippen molar-refractivity contribution >= 4 is 68.0 Å². The number of aryl methyl sites for hydroxylation is 1. The lowest BCUT2D eigenvalue weighted by Crippen LogP contribution is -2.15. The summed E-state index contributed by atoms with van der Waals surface area (Å²) in [6, 6.07) is 15.8. The normalized spacial score (nSPS) is 11.2. The molecule has 0 aliphatic carbocycles. The molecule has 0 fully saturated rings. The Bertz CT molecular complexity index is 1140. The summed E-state index contributed by atoms with van der Waals surface area (Å²) in [7, 11) is 0. The Kier molecular flexibility index (Phi) is 5.26. The second-order valence-corrected chi connectivity index (χ2v) is 7.95. The van der Waals surface area contributed by atoms with E-state index in [0.29, 0.717) is 5.16 Å². The summed E-state index contributed by atoms with van der Waals surface area (Å²) >= 11 is 3.48. The van der Waals surface area contributed by atoms with Crippen LogP contribution < -0.4 is 5.32 Å². The smallest absolute Gasteiger partial charge is 0.234 e.